The van der Waals surface area contributed by atoms with Gasteiger partial charge in [-0.2, -0.15) is 11.3 Å². The highest BCUT2D eigenvalue weighted by Crippen LogP contribution is 2.22. The maximum atomic E-state index is 12.8. The zero-order valence-corrected chi connectivity index (χ0v) is 13.5. The molecule has 0 saturated carbocycles. The van der Waals surface area contributed by atoms with E-state index >= 15 is 0 Å². The normalized spacial score (nSPS) is 10.5. The molecule has 0 bridgehead atoms. The fourth-order valence-electron chi connectivity index (χ4n) is 2.12. The SMILES string of the molecule is CCCN(Cc1ccsc1)C(=O)c1ccccc1SC. The Labute approximate surface area is 128 Å². The number of carbonyl (C=O) groups excluding carboxylic acids is 1. The highest BCUT2D eigenvalue weighted by molar-refractivity contribution is 7.98. The summed E-state index contributed by atoms with van der Waals surface area (Å²) in [6.45, 7) is 3.59. The van der Waals surface area contributed by atoms with Crippen LogP contribution < -0.4 is 0 Å². The van der Waals surface area contributed by atoms with E-state index in [9.17, 15) is 4.79 Å². The molecular weight excluding hydrogens is 286 g/mol. The molecule has 2 nitrogen and oxygen atoms in total. The second-order valence-electron chi connectivity index (χ2n) is 4.56. The van der Waals surface area contributed by atoms with Crippen LogP contribution in [-0.2, 0) is 6.54 Å². The summed E-state index contributed by atoms with van der Waals surface area (Å²) in [6.07, 6.45) is 2.98. The summed E-state index contributed by atoms with van der Waals surface area (Å²) < 4.78 is 0. The van der Waals surface area contributed by atoms with Crippen molar-refractivity contribution < 1.29 is 4.79 Å². The second-order valence-corrected chi connectivity index (χ2v) is 6.19. The Kier molecular flexibility index (Phi) is 5.68. The van der Waals surface area contributed by atoms with Crippen molar-refractivity contribution in [3.63, 3.8) is 0 Å². The Hall–Kier alpha value is -1.26. The first-order valence-electron chi connectivity index (χ1n) is 6.69. The van der Waals surface area contributed by atoms with Crippen molar-refractivity contribution in [1.82, 2.24) is 4.90 Å². The molecular formula is C16H19NOS2. The van der Waals surface area contributed by atoms with E-state index in [2.05, 4.69) is 23.8 Å². The van der Waals surface area contributed by atoms with E-state index in [-0.39, 0.29) is 5.91 Å². The van der Waals surface area contributed by atoms with Crippen molar-refractivity contribution in [3.8, 4) is 0 Å². The van der Waals surface area contributed by atoms with Gasteiger partial charge in [0.05, 0.1) is 5.56 Å². The fourth-order valence-corrected chi connectivity index (χ4v) is 3.37. The highest BCUT2D eigenvalue weighted by Gasteiger charge is 2.18. The summed E-state index contributed by atoms with van der Waals surface area (Å²) >= 11 is 3.29. The minimum Gasteiger partial charge on any atom is -0.334 e. The predicted octanol–water partition coefficient (Wildman–Crippen LogP) is 4.52. The van der Waals surface area contributed by atoms with Crippen molar-refractivity contribution in [1.29, 1.82) is 0 Å². The summed E-state index contributed by atoms with van der Waals surface area (Å²) in [5.74, 6) is 0.128. The molecule has 1 amide bonds. The molecule has 0 aliphatic carbocycles. The van der Waals surface area contributed by atoms with Crippen molar-refractivity contribution >= 4 is 29.0 Å². The van der Waals surface area contributed by atoms with E-state index in [1.165, 1.54) is 5.56 Å². The monoisotopic (exact) mass is 305 g/mol. The summed E-state index contributed by atoms with van der Waals surface area (Å²) in [5, 5.41) is 4.16. The quantitative estimate of drug-likeness (QED) is 0.731. The molecule has 0 radical (unpaired) electrons. The van der Waals surface area contributed by atoms with Crippen molar-refractivity contribution in [2.45, 2.75) is 24.8 Å². The van der Waals surface area contributed by atoms with E-state index in [0.717, 1.165) is 23.4 Å². The lowest BCUT2D eigenvalue weighted by molar-refractivity contribution is 0.0740. The third-order valence-electron chi connectivity index (χ3n) is 3.07. The van der Waals surface area contributed by atoms with Crippen LogP contribution in [0.3, 0.4) is 0 Å². The van der Waals surface area contributed by atoms with Crippen LogP contribution in [0, 0.1) is 0 Å². The van der Waals surface area contributed by atoms with Gasteiger partial charge >= 0.3 is 0 Å². The zero-order chi connectivity index (χ0) is 14.4. The maximum Gasteiger partial charge on any atom is 0.255 e. The first-order valence-corrected chi connectivity index (χ1v) is 8.86. The summed E-state index contributed by atoms with van der Waals surface area (Å²) in [6, 6.07) is 9.92. The van der Waals surface area contributed by atoms with Crippen molar-refractivity contribution in [2.75, 3.05) is 12.8 Å². The number of amides is 1. The topological polar surface area (TPSA) is 20.3 Å². The van der Waals surface area contributed by atoms with Crippen LogP contribution in [0.5, 0.6) is 0 Å². The number of thioether (sulfide) groups is 1. The van der Waals surface area contributed by atoms with Gasteiger partial charge in [0.2, 0.25) is 0 Å². The van der Waals surface area contributed by atoms with Gasteiger partial charge in [0.15, 0.2) is 0 Å². The molecule has 4 heteroatoms. The van der Waals surface area contributed by atoms with Crippen LogP contribution in [0.1, 0.15) is 29.3 Å². The smallest absolute Gasteiger partial charge is 0.255 e. The molecule has 20 heavy (non-hydrogen) atoms. The van der Waals surface area contributed by atoms with Gasteiger partial charge in [0.1, 0.15) is 0 Å². The molecule has 2 rings (SSSR count). The third kappa shape index (κ3) is 3.64. The van der Waals surface area contributed by atoms with Gasteiger partial charge in [-0.3, -0.25) is 4.79 Å². The maximum absolute atomic E-state index is 12.8. The molecule has 0 aliphatic rings. The first kappa shape index (κ1) is 15.1. The van der Waals surface area contributed by atoms with E-state index in [0.29, 0.717) is 6.54 Å². The minimum atomic E-state index is 0.128. The summed E-state index contributed by atoms with van der Waals surface area (Å²) in [5.41, 5.74) is 2.02. The third-order valence-corrected chi connectivity index (χ3v) is 4.60. The molecule has 0 N–H and O–H groups in total. The van der Waals surface area contributed by atoms with Crippen LogP contribution in [0.15, 0.2) is 46.0 Å². The van der Waals surface area contributed by atoms with Gasteiger partial charge in [-0.05, 0) is 47.2 Å². The van der Waals surface area contributed by atoms with Crippen molar-refractivity contribution in [3.05, 3.63) is 52.2 Å². The largest absolute Gasteiger partial charge is 0.334 e. The Balaban J connectivity index is 2.22. The number of hydrogen-bond acceptors (Lipinski definition) is 3. The first-order chi connectivity index (χ1) is 9.76. The minimum absolute atomic E-state index is 0.128. The lowest BCUT2D eigenvalue weighted by Gasteiger charge is -2.22. The molecule has 1 aromatic heterocycles. The molecule has 106 valence electrons. The van der Waals surface area contributed by atoms with Crippen LogP contribution in [-0.4, -0.2) is 23.6 Å². The average molecular weight is 305 g/mol. The second kappa shape index (κ2) is 7.50. The van der Waals surface area contributed by atoms with Gasteiger partial charge in [-0.1, -0.05) is 19.1 Å². The Morgan fingerprint density at radius 3 is 2.75 bits per heavy atom. The van der Waals surface area contributed by atoms with E-state index in [1.807, 2.05) is 35.4 Å². The number of hydrogen-bond donors (Lipinski definition) is 0. The van der Waals surface area contributed by atoms with Gasteiger partial charge in [-0.15, -0.1) is 11.8 Å². The molecule has 2 aromatic rings. The Bertz CT molecular complexity index is 551. The number of carbonyl (C=O) groups is 1. The predicted molar refractivity (Wildman–Crippen MR) is 87.6 cm³/mol. The van der Waals surface area contributed by atoms with E-state index in [1.54, 1.807) is 23.1 Å². The number of benzene rings is 1. The van der Waals surface area contributed by atoms with Crippen LogP contribution in [0.2, 0.25) is 0 Å². The fraction of sp³-hybridized carbons (Fsp3) is 0.312. The van der Waals surface area contributed by atoms with Crippen LogP contribution in [0.25, 0.3) is 0 Å². The Morgan fingerprint density at radius 2 is 2.10 bits per heavy atom. The lowest BCUT2D eigenvalue weighted by atomic mass is 10.1. The molecule has 0 fully saturated rings. The zero-order valence-electron chi connectivity index (χ0n) is 11.8. The standard InChI is InChI=1S/C16H19NOS2/c1-3-9-17(11-13-8-10-20-12-13)16(18)14-6-4-5-7-15(14)19-2/h4-8,10,12H,3,9,11H2,1-2H3. The van der Waals surface area contributed by atoms with E-state index in [4.69, 9.17) is 0 Å². The molecule has 0 atom stereocenters. The number of nitrogens with zero attached hydrogens (tertiary/aromatic N) is 1. The van der Waals surface area contributed by atoms with Crippen LogP contribution >= 0.6 is 23.1 Å². The summed E-state index contributed by atoms with van der Waals surface area (Å²) in [4.78, 5) is 15.7. The number of rotatable bonds is 6. The molecule has 1 aromatic carbocycles. The Morgan fingerprint density at radius 1 is 1.30 bits per heavy atom. The number of thiophene rings is 1. The van der Waals surface area contributed by atoms with Crippen LogP contribution in [0.4, 0.5) is 0 Å². The molecule has 0 saturated heterocycles. The lowest BCUT2D eigenvalue weighted by Crippen LogP contribution is -2.31. The molecule has 0 unspecified atom stereocenters. The highest BCUT2D eigenvalue weighted by atomic mass is 32.2. The molecule has 0 spiro atoms. The van der Waals surface area contributed by atoms with Gasteiger partial charge < -0.3 is 4.90 Å². The summed E-state index contributed by atoms with van der Waals surface area (Å²) in [7, 11) is 0. The van der Waals surface area contributed by atoms with E-state index < -0.39 is 0 Å². The van der Waals surface area contributed by atoms with Crippen molar-refractivity contribution in [2.24, 2.45) is 0 Å². The molecule has 1 heterocycles. The average Bonchev–Trinajstić information content (AvgIpc) is 2.99. The molecule has 0 aliphatic heterocycles. The van der Waals surface area contributed by atoms with Gasteiger partial charge in [0, 0.05) is 18.0 Å². The van der Waals surface area contributed by atoms with Gasteiger partial charge in [-0.25, -0.2) is 0 Å². The van der Waals surface area contributed by atoms with Gasteiger partial charge in [0.25, 0.3) is 5.91 Å².